The number of nitrogens with one attached hydrogen (secondary N) is 2. The Morgan fingerprint density at radius 2 is 2.44 bits per heavy atom. The van der Waals surface area contributed by atoms with Gasteiger partial charge >= 0.3 is 0 Å². The van der Waals surface area contributed by atoms with Gasteiger partial charge in [-0.25, -0.2) is 4.98 Å². The fourth-order valence-electron chi connectivity index (χ4n) is 1.94. The lowest BCUT2D eigenvalue weighted by atomic mass is 10.2. The van der Waals surface area contributed by atoms with Crippen LogP contribution in [0.2, 0.25) is 0 Å². The maximum Gasteiger partial charge on any atom is 0.161 e. The summed E-state index contributed by atoms with van der Waals surface area (Å²) >= 11 is 1.75. The summed E-state index contributed by atoms with van der Waals surface area (Å²) in [7, 11) is 0. The van der Waals surface area contributed by atoms with E-state index in [1.807, 2.05) is 18.3 Å². The molecule has 1 aliphatic heterocycles. The first-order chi connectivity index (χ1) is 8.84. The van der Waals surface area contributed by atoms with Gasteiger partial charge in [0.05, 0.1) is 0 Å². The number of hydrogen-bond donors (Lipinski definition) is 2. The number of pyridine rings is 1. The number of nitrogens with zero attached hydrogens (tertiary/aromatic N) is 2. The fourth-order valence-corrected chi connectivity index (χ4v) is 2.78. The zero-order valence-electron chi connectivity index (χ0n) is 9.94. The molecule has 2 N–H and O–H groups in total. The van der Waals surface area contributed by atoms with E-state index in [1.165, 1.54) is 0 Å². The largest absolute Gasteiger partial charge is 0.345 e. The lowest BCUT2D eigenvalue weighted by Gasteiger charge is -2.14. The van der Waals surface area contributed by atoms with Gasteiger partial charge in [0.25, 0.3) is 0 Å². The van der Waals surface area contributed by atoms with Crippen molar-refractivity contribution < 1.29 is 0 Å². The molecule has 5 heteroatoms. The Morgan fingerprint density at radius 3 is 3.28 bits per heavy atom. The van der Waals surface area contributed by atoms with Crippen LogP contribution in [0.3, 0.4) is 0 Å². The van der Waals surface area contributed by atoms with Crippen molar-refractivity contribution in [1.29, 1.82) is 0 Å². The van der Waals surface area contributed by atoms with E-state index in [-0.39, 0.29) is 0 Å². The third kappa shape index (κ3) is 2.13. The van der Waals surface area contributed by atoms with Gasteiger partial charge in [-0.15, -0.1) is 0 Å². The van der Waals surface area contributed by atoms with E-state index in [0.29, 0.717) is 0 Å². The Labute approximate surface area is 110 Å². The van der Waals surface area contributed by atoms with Crippen molar-refractivity contribution in [2.45, 2.75) is 6.42 Å². The summed E-state index contributed by atoms with van der Waals surface area (Å²) in [5, 5.41) is 5.33. The van der Waals surface area contributed by atoms with Gasteiger partial charge in [-0.1, -0.05) is 18.3 Å². The first-order valence-corrected chi connectivity index (χ1v) is 6.89. The molecular weight excluding hydrogens is 244 g/mol. The van der Waals surface area contributed by atoms with Crippen molar-refractivity contribution in [3.8, 4) is 0 Å². The Morgan fingerprint density at radius 1 is 1.50 bits per heavy atom. The number of amidine groups is 1. The summed E-state index contributed by atoms with van der Waals surface area (Å²) in [5.41, 5.74) is 2.79. The second-order valence-corrected chi connectivity index (χ2v) is 5.18. The second-order valence-electron chi connectivity index (χ2n) is 4.09. The molecule has 3 heterocycles. The average molecular weight is 258 g/mol. The van der Waals surface area contributed by atoms with Crippen molar-refractivity contribution in [3.63, 3.8) is 0 Å². The molecule has 0 aliphatic carbocycles. The standard InChI is InChI=1S/C13H14N4S/c1-9(17-13-15-6-3-7-18-13)11-8-16-12-10(11)4-2-5-14-12/h2,4-5,8H,1,3,6-7H2,(H,14,16)(H,15,17). The number of H-pyrrole nitrogens is 1. The lowest BCUT2D eigenvalue weighted by Crippen LogP contribution is -2.21. The minimum atomic E-state index is 0.863. The van der Waals surface area contributed by atoms with Gasteiger partial charge in [0.2, 0.25) is 0 Å². The molecule has 0 aromatic carbocycles. The molecule has 4 nitrogen and oxygen atoms in total. The molecule has 0 unspecified atom stereocenters. The maximum atomic E-state index is 4.44. The van der Waals surface area contributed by atoms with Crippen molar-refractivity contribution in [1.82, 2.24) is 15.3 Å². The minimum Gasteiger partial charge on any atom is -0.345 e. The Balaban J connectivity index is 1.86. The topological polar surface area (TPSA) is 53.1 Å². The van der Waals surface area contributed by atoms with Crippen LogP contribution in [0.4, 0.5) is 0 Å². The minimum absolute atomic E-state index is 0.863. The Bertz CT molecular complexity index is 614. The summed E-state index contributed by atoms with van der Waals surface area (Å²) in [4.78, 5) is 11.9. The maximum absolute atomic E-state index is 4.44. The second kappa shape index (κ2) is 4.86. The zero-order valence-corrected chi connectivity index (χ0v) is 10.8. The number of thioether (sulfide) groups is 1. The van der Waals surface area contributed by atoms with E-state index in [4.69, 9.17) is 0 Å². The van der Waals surface area contributed by atoms with Crippen LogP contribution in [0.1, 0.15) is 12.0 Å². The molecule has 1 aliphatic rings. The molecule has 0 fully saturated rings. The summed E-state index contributed by atoms with van der Waals surface area (Å²) in [5.74, 6) is 1.12. The van der Waals surface area contributed by atoms with Crippen LogP contribution >= 0.6 is 11.8 Å². The van der Waals surface area contributed by atoms with Gasteiger partial charge in [-0.2, -0.15) is 0 Å². The molecule has 0 saturated heterocycles. The van der Waals surface area contributed by atoms with Crippen molar-refractivity contribution in [3.05, 3.63) is 36.7 Å². The molecule has 3 rings (SSSR count). The number of aromatic amines is 1. The molecule has 18 heavy (non-hydrogen) atoms. The molecule has 0 bridgehead atoms. The van der Waals surface area contributed by atoms with E-state index in [0.717, 1.165) is 46.2 Å². The van der Waals surface area contributed by atoms with Crippen LogP contribution < -0.4 is 5.32 Å². The summed E-state index contributed by atoms with van der Waals surface area (Å²) < 4.78 is 0. The summed E-state index contributed by atoms with van der Waals surface area (Å²) in [6.07, 6.45) is 4.86. The van der Waals surface area contributed by atoms with E-state index in [1.54, 1.807) is 18.0 Å². The molecule has 0 saturated carbocycles. The predicted molar refractivity (Wildman–Crippen MR) is 77.6 cm³/mol. The molecule has 2 aromatic rings. The lowest BCUT2D eigenvalue weighted by molar-refractivity contribution is 0.930. The van der Waals surface area contributed by atoms with Gasteiger partial charge in [-0.3, -0.25) is 4.99 Å². The normalized spacial score (nSPS) is 15.4. The highest BCUT2D eigenvalue weighted by Gasteiger charge is 2.11. The Kier molecular flexibility index (Phi) is 3.06. The summed E-state index contributed by atoms with van der Waals surface area (Å²) in [6.45, 7) is 4.99. The van der Waals surface area contributed by atoms with Gasteiger partial charge in [0, 0.05) is 41.3 Å². The molecule has 0 radical (unpaired) electrons. The summed E-state index contributed by atoms with van der Waals surface area (Å²) in [6, 6.07) is 3.97. The molecule has 0 atom stereocenters. The fraction of sp³-hybridized carbons (Fsp3) is 0.231. The average Bonchev–Trinajstić information content (AvgIpc) is 2.84. The Hall–Kier alpha value is -1.75. The van der Waals surface area contributed by atoms with Crippen LogP contribution in [-0.4, -0.2) is 27.4 Å². The highest BCUT2D eigenvalue weighted by Crippen LogP contribution is 2.22. The molecule has 0 spiro atoms. The molecule has 92 valence electrons. The van der Waals surface area contributed by atoms with Gasteiger partial charge in [0.1, 0.15) is 5.65 Å². The SMILES string of the molecule is C=C(NC1=NCCCS1)c1c[nH]c2ncccc12. The number of fused-ring (bicyclic) bond motifs is 1. The highest BCUT2D eigenvalue weighted by atomic mass is 32.2. The van der Waals surface area contributed by atoms with E-state index in [2.05, 4.69) is 26.9 Å². The number of aliphatic imine (C=N–C) groups is 1. The van der Waals surface area contributed by atoms with Crippen LogP contribution in [0, 0.1) is 0 Å². The number of hydrogen-bond acceptors (Lipinski definition) is 4. The van der Waals surface area contributed by atoms with Gasteiger partial charge in [0.15, 0.2) is 5.17 Å². The van der Waals surface area contributed by atoms with E-state index < -0.39 is 0 Å². The number of aromatic nitrogens is 2. The number of rotatable bonds is 2. The van der Waals surface area contributed by atoms with Crippen LogP contribution in [0.5, 0.6) is 0 Å². The van der Waals surface area contributed by atoms with Crippen LogP contribution in [0.15, 0.2) is 36.1 Å². The van der Waals surface area contributed by atoms with Crippen molar-refractivity contribution in [2.75, 3.05) is 12.3 Å². The first-order valence-electron chi connectivity index (χ1n) is 5.90. The van der Waals surface area contributed by atoms with Crippen molar-refractivity contribution in [2.24, 2.45) is 4.99 Å². The van der Waals surface area contributed by atoms with Crippen LogP contribution in [0.25, 0.3) is 16.7 Å². The predicted octanol–water partition coefficient (Wildman–Crippen LogP) is 2.62. The van der Waals surface area contributed by atoms with E-state index >= 15 is 0 Å². The van der Waals surface area contributed by atoms with Crippen molar-refractivity contribution >= 4 is 33.7 Å². The molecular formula is C13H14N4S. The quantitative estimate of drug-likeness (QED) is 0.870. The monoisotopic (exact) mass is 258 g/mol. The smallest absolute Gasteiger partial charge is 0.161 e. The van der Waals surface area contributed by atoms with Gasteiger partial charge < -0.3 is 10.3 Å². The third-order valence-corrected chi connectivity index (χ3v) is 3.83. The molecule has 0 amide bonds. The third-order valence-electron chi connectivity index (χ3n) is 2.83. The van der Waals surface area contributed by atoms with E-state index in [9.17, 15) is 0 Å². The van der Waals surface area contributed by atoms with Gasteiger partial charge in [-0.05, 0) is 18.6 Å². The first kappa shape index (κ1) is 11.3. The zero-order chi connectivity index (χ0) is 12.4. The highest BCUT2D eigenvalue weighted by molar-refractivity contribution is 8.13. The molecule has 2 aromatic heterocycles. The van der Waals surface area contributed by atoms with Crippen LogP contribution in [-0.2, 0) is 0 Å².